The van der Waals surface area contributed by atoms with Crippen molar-refractivity contribution < 1.29 is 27.1 Å². The highest BCUT2D eigenvalue weighted by molar-refractivity contribution is 7.92. The van der Waals surface area contributed by atoms with Gasteiger partial charge in [0.05, 0.1) is 0 Å². The normalized spacial score (nSPS) is 17.3. The van der Waals surface area contributed by atoms with Gasteiger partial charge in [0.15, 0.2) is 4.90 Å². The van der Waals surface area contributed by atoms with Crippen LogP contribution < -0.4 is 9.62 Å². The second-order valence-electron chi connectivity index (χ2n) is 9.32. The van der Waals surface area contributed by atoms with Crippen LogP contribution in [0.4, 0.5) is 20.3 Å². The van der Waals surface area contributed by atoms with Crippen LogP contribution in [0, 0.1) is 11.6 Å². The zero-order valence-corrected chi connectivity index (χ0v) is 23.1. The van der Waals surface area contributed by atoms with E-state index in [9.17, 15) is 8.42 Å². The average molecular weight is 582 g/mol. The number of carbonyl (C=O) groups is 1. The van der Waals surface area contributed by atoms with Gasteiger partial charge < -0.3 is 14.9 Å². The third-order valence-electron chi connectivity index (χ3n) is 6.71. The minimum absolute atomic E-state index is 0.0839. The highest BCUT2D eigenvalue weighted by Crippen LogP contribution is 2.35. The number of halogens is 3. The summed E-state index contributed by atoms with van der Waals surface area (Å²) in [5.41, 5.74) is 1.20. The van der Waals surface area contributed by atoms with E-state index in [1.165, 1.54) is 12.3 Å². The number of benzene rings is 2. The van der Waals surface area contributed by atoms with Crippen LogP contribution in [0.1, 0.15) is 24.8 Å². The zero-order chi connectivity index (χ0) is 28.6. The van der Waals surface area contributed by atoms with E-state index in [0.29, 0.717) is 23.8 Å². The molecule has 39 heavy (non-hydrogen) atoms. The average Bonchev–Trinajstić information content (AvgIpc) is 2.88. The van der Waals surface area contributed by atoms with E-state index in [1.807, 2.05) is 43.3 Å². The first-order chi connectivity index (χ1) is 18.5. The lowest BCUT2D eigenvalue weighted by molar-refractivity contribution is -0.122. The predicted octanol–water partition coefficient (Wildman–Crippen LogP) is 4.44. The highest BCUT2D eigenvalue weighted by atomic mass is 35.5. The quantitative estimate of drug-likeness (QED) is 0.375. The van der Waals surface area contributed by atoms with Crippen LogP contribution in [0.2, 0.25) is 5.02 Å². The molecule has 0 bridgehead atoms. The van der Waals surface area contributed by atoms with Crippen LogP contribution in [-0.4, -0.2) is 67.6 Å². The maximum absolute atomic E-state index is 15.1. The third-order valence-corrected chi connectivity index (χ3v) is 8.35. The maximum atomic E-state index is 15.1. The largest absolute Gasteiger partial charge is 0.483 e. The molecule has 1 aliphatic rings. The van der Waals surface area contributed by atoms with Crippen molar-refractivity contribution in [1.29, 1.82) is 0 Å². The number of hydrogen-bond donors (Lipinski definition) is 2. The number of sulfonamides is 1. The van der Waals surface area contributed by atoms with Crippen molar-refractivity contribution in [3.05, 3.63) is 77.2 Å². The first-order valence-corrected chi connectivity index (χ1v) is 13.9. The smallest absolute Gasteiger partial charge is 0.290 e. The number of nitrogens with zero attached hydrogens (tertiary/aromatic N) is 4. The van der Waals surface area contributed by atoms with Gasteiger partial charge in [0.2, 0.25) is 0 Å². The molecule has 0 amide bonds. The third kappa shape index (κ3) is 7.61. The van der Waals surface area contributed by atoms with Crippen molar-refractivity contribution in [2.45, 2.75) is 36.1 Å². The molecule has 2 aromatic carbocycles. The van der Waals surface area contributed by atoms with E-state index in [-0.39, 0.29) is 17.8 Å². The maximum Gasteiger partial charge on any atom is 0.290 e. The van der Waals surface area contributed by atoms with Crippen molar-refractivity contribution in [3.63, 3.8) is 0 Å². The van der Waals surface area contributed by atoms with Crippen molar-refractivity contribution in [3.8, 4) is 0 Å². The van der Waals surface area contributed by atoms with Crippen LogP contribution in [-0.2, 0) is 21.2 Å². The first kappa shape index (κ1) is 30.2. The summed E-state index contributed by atoms with van der Waals surface area (Å²) in [6, 6.07) is 11.2. The van der Waals surface area contributed by atoms with Gasteiger partial charge in [-0.2, -0.15) is 0 Å². The Morgan fingerprint density at radius 2 is 1.90 bits per heavy atom. The van der Waals surface area contributed by atoms with Crippen LogP contribution in [0.15, 0.2) is 59.9 Å². The van der Waals surface area contributed by atoms with E-state index >= 15 is 8.78 Å². The summed E-state index contributed by atoms with van der Waals surface area (Å²) in [6.45, 7) is 0.904. The van der Waals surface area contributed by atoms with Gasteiger partial charge in [0.25, 0.3) is 16.5 Å². The van der Waals surface area contributed by atoms with Gasteiger partial charge in [-0.25, -0.2) is 27.2 Å². The van der Waals surface area contributed by atoms with Gasteiger partial charge in [0, 0.05) is 35.5 Å². The van der Waals surface area contributed by atoms with Crippen LogP contribution in [0.25, 0.3) is 0 Å². The Hall–Kier alpha value is -3.35. The molecule has 1 atom stereocenters. The molecular weight excluding hydrogens is 552 g/mol. The van der Waals surface area contributed by atoms with Crippen molar-refractivity contribution in [2.24, 2.45) is 0 Å². The fourth-order valence-corrected chi connectivity index (χ4v) is 6.06. The van der Waals surface area contributed by atoms with Crippen LogP contribution >= 0.6 is 11.6 Å². The topological polar surface area (TPSA) is 116 Å². The fourth-order valence-electron chi connectivity index (χ4n) is 4.72. The molecule has 0 radical (unpaired) electrons. The SMILES string of the molecule is CN(C)[C@]1(CCc2cccc(Cl)c2)CCCN(c2cc(F)c(S(=O)(=O)Nc3ccncn3)c(F)c2)C1.O=CO. The molecule has 0 aliphatic carbocycles. The summed E-state index contributed by atoms with van der Waals surface area (Å²) in [6.07, 6.45) is 5.84. The lowest BCUT2D eigenvalue weighted by Gasteiger charge is -2.48. The van der Waals surface area contributed by atoms with Gasteiger partial charge in [-0.3, -0.25) is 9.52 Å². The van der Waals surface area contributed by atoms with Crippen LogP contribution in [0.5, 0.6) is 0 Å². The number of carboxylic acid groups (broad SMARTS) is 1. The van der Waals surface area contributed by atoms with Gasteiger partial charge in [-0.15, -0.1) is 0 Å². The van der Waals surface area contributed by atoms with Crippen molar-refractivity contribution in [2.75, 3.05) is 36.8 Å². The molecular formula is C26H30ClF2N5O4S. The lowest BCUT2D eigenvalue weighted by Crippen LogP contribution is -2.56. The molecule has 9 nitrogen and oxygen atoms in total. The minimum Gasteiger partial charge on any atom is -0.483 e. The molecule has 210 valence electrons. The Balaban J connectivity index is 0.00000134. The van der Waals surface area contributed by atoms with E-state index in [1.54, 1.807) is 0 Å². The van der Waals surface area contributed by atoms with E-state index < -0.39 is 26.6 Å². The molecule has 0 saturated carbocycles. The van der Waals surface area contributed by atoms with Crippen LogP contribution in [0.3, 0.4) is 0 Å². The molecule has 1 aromatic heterocycles. The van der Waals surface area contributed by atoms with Crippen molar-refractivity contribution in [1.82, 2.24) is 14.9 Å². The van der Waals surface area contributed by atoms with Gasteiger partial charge in [-0.05, 0) is 75.7 Å². The molecule has 0 spiro atoms. The number of aryl methyl sites for hydroxylation is 1. The molecule has 1 fully saturated rings. The predicted molar refractivity (Wildman–Crippen MR) is 146 cm³/mol. The highest BCUT2D eigenvalue weighted by Gasteiger charge is 2.38. The second-order valence-corrected chi connectivity index (χ2v) is 11.4. The van der Waals surface area contributed by atoms with E-state index in [0.717, 1.165) is 49.7 Å². The lowest BCUT2D eigenvalue weighted by atomic mass is 9.82. The van der Waals surface area contributed by atoms with Gasteiger partial charge in [-0.1, -0.05) is 23.7 Å². The second kappa shape index (κ2) is 13.1. The Labute approximate surface area is 231 Å². The van der Waals surface area contributed by atoms with Gasteiger partial charge >= 0.3 is 0 Å². The number of aromatic nitrogens is 2. The minimum atomic E-state index is -4.53. The summed E-state index contributed by atoms with van der Waals surface area (Å²) in [5.74, 6) is -2.41. The number of piperidine rings is 1. The molecule has 4 rings (SSSR count). The van der Waals surface area contributed by atoms with Crippen molar-refractivity contribution >= 4 is 39.6 Å². The fraction of sp³-hybridized carbons (Fsp3) is 0.346. The first-order valence-electron chi connectivity index (χ1n) is 12.0. The molecule has 0 unspecified atom stereocenters. The Morgan fingerprint density at radius 1 is 1.21 bits per heavy atom. The summed E-state index contributed by atoms with van der Waals surface area (Å²) in [7, 11) is -0.507. The van der Waals surface area contributed by atoms with E-state index in [4.69, 9.17) is 21.5 Å². The summed E-state index contributed by atoms with van der Waals surface area (Å²) in [4.78, 5) is 18.9. The molecule has 3 aromatic rings. The Kier molecular flexibility index (Phi) is 10.2. The summed E-state index contributed by atoms with van der Waals surface area (Å²) < 4.78 is 57.6. The molecule has 1 aliphatic heterocycles. The zero-order valence-electron chi connectivity index (χ0n) is 21.5. The summed E-state index contributed by atoms with van der Waals surface area (Å²) in [5, 5.41) is 7.58. The molecule has 2 N–H and O–H groups in total. The number of rotatable bonds is 8. The number of likely N-dealkylation sites (N-methyl/N-ethyl adjacent to an activating group) is 1. The molecule has 1 saturated heterocycles. The van der Waals surface area contributed by atoms with Gasteiger partial charge in [0.1, 0.15) is 23.8 Å². The number of anilines is 2. The molecule has 2 heterocycles. The summed E-state index contributed by atoms with van der Waals surface area (Å²) >= 11 is 6.14. The standard InChI is InChI=1S/C25H28ClF2N5O2S.CH2O2/c1-32(2)25(10-7-18-5-3-6-19(26)13-18)9-4-12-33(16-25)20-14-21(27)24(22(28)15-20)36(34,35)31-23-8-11-29-17-30-23;2-1-3/h3,5-6,8,11,13-15,17H,4,7,9-10,12,16H2,1-2H3,(H,29,30,31);1H,(H,2,3)/t25-;/m0./s1. The monoisotopic (exact) mass is 581 g/mol. The molecule has 13 heteroatoms. The number of nitrogens with one attached hydrogen (secondary N) is 1. The van der Waals surface area contributed by atoms with E-state index in [2.05, 4.69) is 19.6 Å². The number of hydrogen-bond acceptors (Lipinski definition) is 7. The Morgan fingerprint density at radius 3 is 2.49 bits per heavy atom. The Bertz CT molecular complexity index is 1360.